The fourth-order valence-corrected chi connectivity index (χ4v) is 4.77. The predicted molar refractivity (Wildman–Crippen MR) is 109 cm³/mol. The van der Waals surface area contributed by atoms with Crippen molar-refractivity contribution in [2.45, 2.75) is 43.6 Å². The molecule has 2 aliphatic rings. The largest absolute Gasteiger partial charge is 0.508 e. The number of aliphatic hydroxyl groups excluding tert-OH is 1. The van der Waals surface area contributed by atoms with E-state index in [9.17, 15) is 18.3 Å². The Morgan fingerprint density at radius 2 is 1.83 bits per heavy atom. The highest BCUT2D eigenvalue weighted by atomic mass is 32.2. The van der Waals surface area contributed by atoms with Crippen molar-refractivity contribution in [3.63, 3.8) is 0 Å². The second kappa shape index (κ2) is 7.22. The smallest absolute Gasteiger partial charge is 0.338 e. The van der Waals surface area contributed by atoms with Gasteiger partial charge in [0.2, 0.25) is 0 Å². The lowest BCUT2D eigenvalue weighted by Gasteiger charge is -2.18. The van der Waals surface area contributed by atoms with E-state index in [1.54, 1.807) is 49.4 Å². The number of carbonyl (C=O) groups excluding carboxylic acids is 1. The molecule has 7 heteroatoms. The van der Waals surface area contributed by atoms with Gasteiger partial charge in [0.1, 0.15) is 5.76 Å². The number of cyclic esters (lactones) is 1. The van der Waals surface area contributed by atoms with E-state index in [1.165, 1.54) is 0 Å². The van der Waals surface area contributed by atoms with Crippen LogP contribution in [-0.4, -0.2) is 25.6 Å². The van der Waals surface area contributed by atoms with E-state index in [2.05, 4.69) is 4.72 Å². The molecule has 0 amide bonds. The summed E-state index contributed by atoms with van der Waals surface area (Å²) in [6, 6.07) is 13.6. The quantitative estimate of drug-likeness (QED) is 0.697. The molecule has 1 fully saturated rings. The summed E-state index contributed by atoms with van der Waals surface area (Å²) in [5.41, 5.74) is 2.46. The molecule has 1 heterocycles. The minimum absolute atomic E-state index is 0.0301. The maximum absolute atomic E-state index is 12.7. The molecule has 0 radical (unpaired) electrons. The predicted octanol–water partition coefficient (Wildman–Crippen LogP) is 4.05. The summed E-state index contributed by atoms with van der Waals surface area (Å²) in [6.07, 6.45) is 1.24. The molecule has 2 aromatic rings. The van der Waals surface area contributed by atoms with Gasteiger partial charge in [-0.2, -0.15) is 0 Å². The fourth-order valence-electron chi connectivity index (χ4n) is 3.72. The fraction of sp³-hybridized carbons (Fsp3) is 0.318. The first-order valence-electron chi connectivity index (χ1n) is 9.60. The van der Waals surface area contributed by atoms with Crippen LogP contribution < -0.4 is 4.72 Å². The van der Waals surface area contributed by atoms with Gasteiger partial charge in [0.25, 0.3) is 10.0 Å². The third-order valence-corrected chi connectivity index (χ3v) is 6.80. The molecule has 6 nitrogen and oxygen atoms in total. The second-order valence-corrected chi connectivity index (χ2v) is 9.39. The Morgan fingerprint density at radius 3 is 2.41 bits per heavy atom. The maximum atomic E-state index is 12.7. The van der Waals surface area contributed by atoms with E-state index in [4.69, 9.17) is 4.74 Å². The molecule has 1 saturated carbocycles. The molecule has 2 N–H and O–H groups in total. The first kappa shape index (κ1) is 19.5. The van der Waals surface area contributed by atoms with Gasteiger partial charge in [-0.3, -0.25) is 4.72 Å². The number of nitrogens with one attached hydrogen (secondary N) is 1. The third-order valence-electron chi connectivity index (χ3n) is 5.40. The van der Waals surface area contributed by atoms with Gasteiger partial charge in [-0.25, -0.2) is 13.2 Å². The van der Waals surface area contributed by atoms with Crippen LogP contribution in [0.2, 0.25) is 0 Å². The van der Waals surface area contributed by atoms with Crippen molar-refractivity contribution in [1.29, 1.82) is 0 Å². The number of sulfonamides is 1. The van der Waals surface area contributed by atoms with E-state index in [0.717, 1.165) is 24.0 Å². The van der Waals surface area contributed by atoms with Gasteiger partial charge in [0.15, 0.2) is 6.10 Å². The molecular weight excluding hydrogens is 390 g/mol. The number of benzene rings is 2. The molecule has 0 spiro atoms. The minimum atomic E-state index is -3.73. The topological polar surface area (TPSA) is 92.7 Å². The zero-order valence-corrected chi connectivity index (χ0v) is 17.1. The van der Waals surface area contributed by atoms with Gasteiger partial charge in [0.05, 0.1) is 10.5 Å². The molecule has 0 bridgehead atoms. The van der Waals surface area contributed by atoms with Gasteiger partial charge in [0, 0.05) is 11.6 Å². The Kier molecular flexibility index (Phi) is 4.86. The highest BCUT2D eigenvalue weighted by Gasteiger charge is 2.44. The van der Waals surface area contributed by atoms with Crippen molar-refractivity contribution in [3.05, 3.63) is 71.0 Å². The van der Waals surface area contributed by atoms with Gasteiger partial charge >= 0.3 is 5.97 Å². The van der Waals surface area contributed by atoms with E-state index in [0.29, 0.717) is 11.3 Å². The summed E-state index contributed by atoms with van der Waals surface area (Å²) in [4.78, 5) is 12.5. The monoisotopic (exact) mass is 413 g/mol. The summed E-state index contributed by atoms with van der Waals surface area (Å²) in [5, 5.41) is 10.4. The Bertz CT molecular complexity index is 1080. The number of hydrogen-bond acceptors (Lipinski definition) is 5. The summed E-state index contributed by atoms with van der Waals surface area (Å²) in [7, 11) is -3.73. The lowest BCUT2D eigenvalue weighted by molar-refractivity contribution is -0.139. The summed E-state index contributed by atoms with van der Waals surface area (Å²) >= 11 is 0. The van der Waals surface area contributed by atoms with Crippen molar-refractivity contribution in [3.8, 4) is 0 Å². The summed E-state index contributed by atoms with van der Waals surface area (Å²) in [5.74, 6) is -0.611. The van der Waals surface area contributed by atoms with E-state index in [1.807, 2.05) is 13.0 Å². The Hall–Kier alpha value is -2.80. The molecule has 29 heavy (non-hydrogen) atoms. The molecule has 2 aromatic carbocycles. The number of anilines is 1. The molecular formula is C22H23NO5S. The van der Waals surface area contributed by atoms with E-state index < -0.39 is 22.1 Å². The molecule has 2 atom stereocenters. The van der Waals surface area contributed by atoms with Crippen molar-refractivity contribution < 1.29 is 23.1 Å². The minimum Gasteiger partial charge on any atom is -0.508 e. The molecule has 0 saturated heterocycles. The van der Waals surface area contributed by atoms with Crippen molar-refractivity contribution in [1.82, 2.24) is 0 Å². The number of hydrogen-bond donors (Lipinski definition) is 2. The van der Waals surface area contributed by atoms with Crippen LogP contribution in [0.15, 0.2) is 64.8 Å². The molecule has 1 aliphatic heterocycles. The lowest BCUT2D eigenvalue weighted by Crippen LogP contribution is -2.15. The van der Waals surface area contributed by atoms with Crippen LogP contribution in [0.5, 0.6) is 0 Å². The molecule has 4 rings (SSSR count). The molecule has 1 aliphatic carbocycles. The van der Waals surface area contributed by atoms with Crippen molar-refractivity contribution in [2.75, 3.05) is 4.72 Å². The standard InChI is InChI=1S/C22H23NO5S/c1-13-6-10-18(11-7-13)29(26,27)23-17-5-3-4-16(12-17)19(15-8-9-15)20-21(24)14(2)28-22(20)25/h3-7,10-12,14-15,19,23-24H,8-9H2,1-2H3/t14-,19?/m0/s1. The van der Waals surface area contributed by atoms with Crippen LogP contribution >= 0.6 is 0 Å². The zero-order valence-electron chi connectivity index (χ0n) is 16.3. The molecule has 1 unspecified atom stereocenters. The summed E-state index contributed by atoms with van der Waals surface area (Å²) in [6.45, 7) is 3.53. The second-order valence-electron chi connectivity index (χ2n) is 7.71. The number of carbonyl (C=O) groups is 1. The molecule has 0 aromatic heterocycles. The van der Waals surface area contributed by atoms with E-state index >= 15 is 0 Å². The number of esters is 1. The highest BCUT2D eigenvalue weighted by molar-refractivity contribution is 7.92. The Morgan fingerprint density at radius 1 is 1.14 bits per heavy atom. The van der Waals surface area contributed by atoms with Gasteiger partial charge < -0.3 is 9.84 Å². The number of ether oxygens (including phenoxy) is 1. The average molecular weight is 413 g/mol. The van der Waals surface area contributed by atoms with Crippen LogP contribution in [0.1, 0.15) is 36.8 Å². The first-order valence-corrected chi connectivity index (χ1v) is 11.1. The zero-order chi connectivity index (χ0) is 20.8. The van der Waals surface area contributed by atoms with Gasteiger partial charge in [-0.05, 0) is 62.4 Å². The average Bonchev–Trinajstić information content (AvgIpc) is 3.46. The van der Waals surface area contributed by atoms with Crippen molar-refractivity contribution in [2.24, 2.45) is 5.92 Å². The normalized spacial score (nSPS) is 20.5. The third kappa shape index (κ3) is 3.87. The highest BCUT2D eigenvalue weighted by Crippen LogP contribution is 2.49. The van der Waals surface area contributed by atoms with Gasteiger partial charge in [-0.15, -0.1) is 0 Å². The Labute approximate surface area is 170 Å². The first-order chi connectivity index (χ1) is 13.8. The van der Waals surface area contributed by atoms with Crippen LogP contribution in [-0.2, 0) is 19.6 Å². The van der Waals surface area contributed by atoms with Gasteiger partial charge in [-0.1, -0.05) is 29.8 Å². The number of rotatable bonds is 6. The SMILES string of the molecule is Cc1ccc(S(=O)(=O)Nc2cccc(C(C3=C(O)[C@H](C)OC3=O)C3CC3)c2)cc1. The lowest BCUT2D eigenvalue weighted by atomic mass is 9.86. The molecule has 152 valence electrons. The van der Waals surface area contributed by atoms with Crippen molar-refractivity contribution >= 4 is 21.7 Å². The maximum Gasteiger partial charge on any atom is 0.338 e. The summed E-state index contributed by atoms with van der Waals surface area (Å²) < 4.78 is 33.2. The number of aryl methyl sites for hydroxylation is 1. The van der Waals surface area contributed by atoms with Crippen LogP contribution in [0.25, 0.3) is 0 Å². The van der Waals surface area contributed by atoms with Crippen LogP contribution in [0.4, 0.5) is 5.69 Å². The Balaban J connectivity index is 1.66. The van der Waals surface area contributed by atoms with Crippen LogP contribution in [0.3, 0.4) is 0 Å². The van der Waals surface area contributed by atoms with Crippen LogP contribution in [0, 0.1) is 12.8 Å². The van der Waals surface area contributed by atoms with E-state index in [-0.39, 0.29) is 22.5 Å². The number of aliphatic hydroxyl groups is 1.